The second-order valence-electron chi connectivity index (χ2n) is 9.24. The number of carbonyl (C=O) groups excluding carboxylic acids is 2. The van der Waals surface area contributed by atoms with Crippen molar-refractivity contribution in [2.45, 2.75) is 32.0 Å². The summed E-state index contributed by atoms with van der Waals surface area (Å²) in [4.78, 5) is 28.8. The molecule has 0 radical (unpaired) electrons. The first-order valence-corrected chi connectivity index (χ1v) is 14.9. The van der Waals surface area contributed by atoms with Crippen LogP contribution in [0.4, 0.5) is 0 Å². The van der Waals surface area contributed by atoms with Gasteiger partial charge in [0.15, 0.2) is 0 Å². The number of benzene rings is 3. The Bertz CT molecular complexity index is 1310. The van der Waals surface area contributed by atoms with E-state index in [9.17, 15) is 23.1 Å². The number of halogens is 1. The Morgan fingerprint density at radius 3 is 2.00 bits per heavy atom. The molecule has 0 saturated heterocycles. The van der Waals surface area contributed by atoms with Gasteiger partial charge in [0.05, 0.1) is 12.8 Å². The molecule has 0 heterocycles. The van der Waals surface area contributed by atoms with Crippen molar-refractivity contribution in [2.75, 3.05) is 26.0 Å². The molecule has 3 aromatic rings. The lowest BCUT2D eigenvalue weighted by Gasteiger charge is -2.33. The number of hydrogen-bond donors (Lipinski definition) is 2. The van der Waals surface area contributed by atoms with E-state index in [-0.39, 0.29) is 38.6 Å². The predicted molar refractivity (Wildman–Crippen MR) is 152 cm³/mol. The number of carbonyl (C=O) groups is 2. The molecule has 0 aromatic heterocycles. The Hall–Kier alpha value is -3.24. The van der Waals surface area contributed by atoms with Crippen LogP contribution in [-0.4, -0.2) is 66.5 Å². The Kier molecular flexibility index (Phi) is 11.5. The Balaban J connectivity index is 1.97. The van der Waals surface area contributed by atoms with Gasteiger partial charge in [-0.1, -0.05) is 84.4 Å². The molecule has 2 N–H and O–H groups in total. The quantitative estimate of drug-likeness (QED) is 0.289. The Morgan fingerprint density at radius 1 is 0.872 bits per heavy atom. The van der Waals surface area contributed by atoms with Gasteiger partial charge in [0.1, 0.15) is 6.04 Å². The zero-order valence-electron chi connectivity index (χ0n) is 21.9. The van der Waals surface area contributed by atoms with E-state index in [0.29, 0.717) is 11.4 Å². The third kappa shape index (κ3) is 9.78. The lowest BCUT2D eigenvalue weighted by Crippen LogP contribution is -2.53. The summed E-state index contributed by atoms with van der Waals surface area (Å²) in [5, 5.41) is 12.5. The summed E-state index contributed by atoms with van der Waals surface area (Å²) in [5.74, 6) is -0.895. The fourth-order valence-corrected chi connectivity index (χ4v) is 4.92. The summed E-state index contributed by atoms with van der Waals surface area (Å²) in [6, 6.07) is 24.3. The minimum absolute atomic E-state index is 0.0201. The number of rotatable bonds is 14. The normalized spacial score (nSPS) is 12.2. The highest BCUT2D eigenvalue weighted by Crippen LogP contribution is 2.18. The van der Waals surface area contributed by atoms with Gasteiger partial charge in [0.2, 0.25) is 21.8 Å². The molecule has 0 spiro atoms. The topological polar surface area (TPSA) is 107 Å². The molecule has 39 heavy (non-hydrogen) atoms. The van der Waals surface area contributed by atoms with Gasteiger partial charge < -0.3 is 15.3 Å². The van der Waals surface area contributed by atoms with E-state index in [1.807, 2.05) is 36.4 Å². The van der Waals surface area contributed by atoms with Crippen molar-refractivity contribution >= 4 is 33.4 Å². The third-order valence-electron chi connectivity index (χ3n) is 6.15. The Morgan fingerprint density at radius 2 is 1.44 bits per heavy atom. The summed E-state index contributed by atoms with van der Waals surface area (Å²) < 4.78 is 26.5. The van der Waals surface area contributed by atoms with Crippen molar-refractivity contribution in [1.29, 1.82) is 0 Å². The van der Waals surface area contributed by atoms with Gasteiger partial charge >= 0.3 is 0 Å². The van der Waals surface area contributed by atoms with Crippen LogP contribution < -0.4 is 5.32 Å². The van der Waals surface area contributed by atoms with E-state index in [0.717, 1.165) is 27.3 Å². The Labute approximate surface area is 235 Å². The fraction of sp³-hybridized carbons (Fsp3) is 0.310. The zero-order valence-corrected chi connectivity index (χ0v) is 23.4. The van der Waals surface area contributed by atoms with Gasteiger partial charge in [-0.2, -0.15) is 4.31 Å². The molecule has 1 unspecified atom stereocenters. The lowest BCUT2D eigenvalue weighted by molar-refractivity contribution is -0.141. The van der Waals surface area contributed by atoms with Gasteiger partial charge in [-0.3, -0.25) is 9.59 Å². The van der Waals surface area contributed by atoms with Gasteiger partial charge in [-0.05, 0) is 35.2 Å². The monoisotopic (exact) mass is 571 g/mol. The fourth-order valence-electron chi connectivity index (χ4n) is 4.07. The molecule has 0 aliphatic rings. The van der Waals surface area contributed by atoms with Crippen molar-refractivity contribution < 1.29 is 23.1 Å². The van der Waals surface area contributed by atoms with Crippen LogP contribution in [0.3, 0.4) is 0 Å². The second kappa shape index (κ2) is 14.8. The first-order chi connectivity index (χ1) is 18.7. The van der Waals surface area contributed by atoms with Gasteiger partial charge in [0, 0.05) is 37.7 Å². The van der Waals surface area contributed by atoms with Crippen molar-refractivity contribution in [3.63, 3.8) is 0 Å². The van der Waals surface area contributed by atoms with Crippen LogP contribution in [0.2, 0.25) is 5.02 Å². The van der Waals surface area contributed by atoms with Crippen molar-refractivity contribution in [3.8, 4) is 0 Å². The highest BCUT2D eigenvalue weighted by molar-refractivity contribution is 7.88. The minimum Gasteiger partial charge on any atom is -0.396 e. The molecule has 0 aliphatic heterocycles. The molecular weight excluding hydrogens is 538 g/mol. The van der Waals surface area contributed by atoms with Crippen LogP contribution in [0.5, 0.6) is 0 Å². The molecule has 208 valence electrons. The van der Waals surface area contributed by atoms with Crippen LogP contribution in [0.1, 0.15) is 23.1 Å². The van der Waals surface area contributed by atoms with E-state index >= 15 is 0 Å². The maximum atomic E-state index is 13.9. The summed E-state index contributed by atoms with van der Waals surface area (Å²) in [6.45, 7) is -0.181. The number of aliphatic hydroxyl groups excluding tert-OH is 1. The number of aliphatic hydroxyl groups is 1. The molecule has 10 heteroatoms. The molecule has 1 atom stereocenters. The number of nitrogens with zero attached hydrogens (tertiary/aromatic N) is 2. The third-order valence-corrected chi connectivity index (χ3v) is 7.60. The van der Waals surface area contributed by atoms with E-state index < -0.39 is 28.5 Å². The summed E-state index contributed by atoms with van der Waals surface area (Å²) in [7, 11) is -3.75. The van der Waals surface area contributed by atoms with Crippen LogP contribution in [0.25, 0.3) is 0 Å². The van der Waals surface area contributed by atoms with Gasteiger partial charge in [0.25, 0.3) is 0 Å². The molecule has 0 fully saturated rings. The summed E-state index contributed by atoms with van der Waals surface area (Å²) >= 11 is 6.06. The van der Waals surface area contributed by atoms with E-state index in [1.54, 1.807) is 48.5 Å². The minimum atomic E-state index is -3.75. The van der Waals surface area contributed by atoms with Gasteiger partial charge in [-0.15, -0.1) is 0 Å². The number of nitrogens with one attached hydrogen (secondary N) is 1. The van der Waals surface area contributed by atoms with Crippen LogP contribution >= 0.6 is 11.6 Å². The van der Waals surface area contributed by atoms with Crippen molar-refractivity contribution in [3.05, 3.63) is 107 Å². The number of sulfonamides is 1. The highest BCUT2D eigenvalue weighted by atomic mass is 35.5. The average Bonchev–Trinajstić information content (AvgIpc) is 2.92. The average molecular weight is 572 g/mol. The van der Waals surface area contributed by atoms with Gasteiger partial charge in [-0.25, -0.2) is 8.42 Å². The van der Waals surface area contributed by atoms with E-state index in [1.165, 1.54) is 4.90 Å². The van der Waals surface area contributed by atoms with Crippen LogP contribution in [-0.2, 0) is 39.1 Å². The number of amides is 2. The van der Waals surface area contributed by atoms with Crippen molar-refractivity contribution in [1.82, 2.24) is 14.5 Å². The molecular formula is C29H34ClN3O5S. The standard InChI is InChI=1S/C29H34ClN3O5S/c1-39(37,38)32(20-24-11-6-3-7-12-24)22-28(35)33(21-25-13-15-26(30)16-14-25)27(29(36)31-17-8-18-34)19-23-9-4-2-5-10-23/h2-7,9-16,27,34H,8,17-22H2,1H3,(H,31,36). The van der Waals surface area contributed by atoms with Crippen LogP contribution in [0, 0.1) is 0 Å². The van der Waals surface area contributed by atoms with E-state index in [2.05, 4.69) is 5.32 Å². The van der Waals surface area contributed by atoms with Crippen LogP contribution in [0.15, 0.2) is 84.9 Å². The maximum absolute atomic E-state index is 13.9. The molecule has 3 rings (SSSR count). The smallest absolute Gasteiger partial charge is 0.243 e. The molecule has 8 nitrogen and oxygen atoms in total. The highest BCUT2D eigenvalue weighted by Gasteiger charge is 2.32. The first kappa shape index (κ1) is 30.3. The molecule has 2 amide bonds. The number of hydrogen-bond acceptors (Lipinski definition) is 5. The predicted octanol–water partition coefficient (Wildman–Crippen LogP) is 3.24. The molecule has 3 aromatic carbocycles. The summed E-state index contributed by atoms with van der Waals surface area (Å²) in [6.07, 6.45) is 1.66. The molecule has 0 bridgehead atoms. The molecule has 0 aliphatic carbocycles. The SMILES string of the molecule is CS(=O)(=O)N(CC(=O)N(Cc1ccc(Cl)cc1)C(Cc1ccccc1)C(=O)NCCCO)Cc1ccccc1. The second-order valence-corrected chi connectivity index (χ2v) is 11.7. The maximum Gasteiger partial charge on any atom is 0.243 e. The molecule has 0 saturated carbocycles. The lowest BCUT2D eigenvalue weighted by atomic mass is 10.0. The zero-order chi connectivity index (χ0) is 28.3. The first-order valence-electron chi connectivity index (χ1n) is 12.6. The summed E-state index contributed by atoms with van der Waals surface area (Å²) in [5.41, 5.74) is 2.32. The van der Waals surface area contributed by atoms with E-state index in [4.69, 9.17) is 11.6 Å². The largest absolute Gasteiger partial charge is 0.396 e. The van der Waals surface area contributed by atoms with Crippen molar-refractivity contribution in [2.24, 2.45) is 0 Å².